The Hall–Kier alpha value is -1.59. The molecule has 0 saturated carbocycles. The molecule has 0 aliphatic carbocycles. The summed E-state index contributed by atoms with van der Waals surface area (Å²) in [5.41, 5.74) is 1.75. The van der Waals surface area contributed by atoms with Gasteiger partial charge in [0.15, 0.2) is 0 Å². The summed E-state index contributed by atoms with van der Waals surface area (Å²) < 4.78 is 1.13. The van der Waals surface area contributed by atoms with Crippen LogP contribution >= 0.6 is 22.9 Å². The van der Waals surface area contributed by atoms with Crippen molar-refractivity contribution in [1.82, 2.24) is 5.32 Å². The Kier molecular flexibility index (Phi) is 4.07. The largest absolute Gasteiger partial charge is 0.433 e. The first kappa shape index (κ1) is 13.8. The van der Waals surface area contributed by atoms with Crippen LogP contribution in [0.15, 0.2) is 23.4 Å². The number of aryl methyl sites for hydroxylation is 1. The first-order valence-corrected chi connectivity index (χ1v) is 6.84. The van der Waals surface area contributed by atoms with Crippen LogP contribution in [0.2, 0.25) is 5.02 Å². The van der Waals surface area contributed by atoms with E-state index in [1.165, 1.54) is 7.05 Å². The molecule has 4 nitrogen and oxygen atoms in total. The Morgan fingerprint density at radius 1 is 1.47 bits per heavy atom. The summed E-state index contributed by atoms with van der Waals surface area (Å²) in [7, 11) is 1.49. The lowest BCUT2D eigenvalue weighted by molar-refractivity contribution is 0.153. The lowest BCUT2D eigenvalue weighted by Crippen LogP contribution is -2.17. The van der Waals surface area contributed by atoms with Crippen LogP contribution in [0, 0.1) is 6.92 Å². The van der Waals surface area contributed by atoms with Gasteiger partial charge in [0.1, 0.15) is 0 Å². The summed E-state index contributed by atoms with van der Waals surface area (Å²) in [4.78, 5) is 16.7. The second kappa shape index (κ2) is 5.59. The highest BCUT2D eigenvalue weighted by Gasteiger charge is 2.12. The molecule has 0 fully saturated rings. The Balaban J connectivity index is 2.40. The summed E-state index contributed by atoms with van der Waals surface area (Å²) in [6.07, 6.45) is -0.582. The summed E-state index contributed by atoms with van der Waals surface area (Å²) >= 11 is 7.60. The quantitative estimate of drug-likeness (QED) is 0.518. The highest BCUT2D eigenvalue weighted by Crippen LogP contribution is 2.33. The minimum Gasteiger partial charge on any atom is -0.323 e. The number of nitrogens with one attached hydrogen (secondary N) is 1. The van der Waals surface area contributed by atoms with E-state index in [4.69, 9.17) is 16.4 Å². The Labute approximate surface area is 120 Å². The molecule has 100 valence electrons. The van der Waals surface area contributed by atoms with Crippen LogP contribution in [-0.2, 0) is 4.84 Å². The van der Waals surface area contributed by atoms with Crippen molar-refractivity contribution in [2.24, 2.45) is 5.16 Å². The lowest BCUT2D eigenvalue weighted by atomic mass is 10.1. The molecule has 0 atom stereocenters. The van der Waals surface area contributed by atoms with Gasteiger partial charge in [0.05, 0.1) is 10.6 Å². The fourth-order valence-electron chi connectivity index (χ4n) is 1.74. The number of hydrogen-bond donors (Lipinski definition) is 1. The van der Waals surface area contributed by atoms with Crippen LogP contribution < -0.4 is 5.32 Å². The number of rotatable bonds is 2. The minimum atomic E-state index is -0.582. The number of halogens is 1. The summed E-state index contributed by atoms with van der Waals surface area (Å²) in [6.45, 7) is 3.81. The molecule has 1 aromatic carbocycles. The molecule has 1 N–H and O–H groups in total. The van der Waals surface area contributed by atoms with E-state index in [-0.39, 0.29) is 0 Å². The second-order valence-corrected chi connectivity index (χ2v) is 5.49. The van der Waals surface area contributed by atoms with Crippen molar-refractivity contribution in [3.8, 4) is 0 Å². The van der Waals surface area contributed by atoms with E-state index in [0.29, 0.717) is 10.7 Å². The van der Waals surface area contributed by atoms with Gasteiger partial charge in [-0.1, -0.05) is 16.8 Å². The van der Waals surface area contributed by atoms with Crippen LogP contribution in [0.3, 0.4) is 0 Å². The van der Waals surface area contributed by atoms with Crippen LogP contribution in [0.1, 0.15) is 17.4 Å². The van der Waals surface area contributed by atoms with Gasteiger partial charge in [0.25, 0.3) is 0 Å². The zero-order valence-corrected chi connectivity index (χ0v) is 12.4. The Morgan fingerprint density at radius 3 is 2.89 bits per heavy atom. The Morgan fingerprint density at radius 2 is 2.21 bits per heavy atom. The van der Waals surface area contributed by atoms with Crippen molar-refractivity contribution in [2.75, 3.05) is 7.05 Å². The van der Waals surface area contributed by atoms with E-state index in [9.17, 15) is 4.79 Å². The maximum atomic E-state index is 11.0. The first-order chi connectivity index (χ1) is 9.02. The van der Waals surface area contributed by atoms with E-state index < -0.39 is 6.09 Å². The van der Waals surface area contributed by atoms with Gasteiger partial charge in [-0.25, -0.2) is 4.79 Å². The molecule has 2 rings (SSSR count). The molecule has 0 unspecified atom stereocenters. The molecule has 0 bridgehead atoms. The molecule has 0 saturated heterocycles. The van der Waals surface area contributed by atoms with Crippen molar-refractivity contribution in [1.29, 1.82) is 0 Å². The van der Waals surface area contributed by atoms with E-state index in [1.54, 1.807) is 11.3 Å². The van der Waals surface area contributed by atoms with Crippen molar-refractivity contribution < 1.29 is 9.63 Å². The highest BCUT2D eigenvalue weighted by molar-refractivity contribution is 7.21. The van der Waals surface area contributed by atoms with Crippen LogP contribution in [0.25, 0.3) is 10.1 Å². The van der Waals surface area contributed by atoms with Crippen molar-refractivity contribution >= 4 is 44.8 Å². The van der Waals surface area contributed by atoms with Gasteiger partial charge in [-0.15, -0.1) is 11.3 Å². The normalized spacial score (nSPS) is 11.7. The van der Waals surface area contributed by atoms with Crippen LogP contribution in [0.5, 0.6) is 0 Å². The fourth-order valence-corrected chi connectivity index (χ4v) is 3.03. The van der Waals surface area contributed by atoms with E-state index in [2.05, 4.69) is 10.5 Å². The molecule has 1 heterocycles. The van der Waals surface area contributed by atoms with Crippen molar-refractivity contribution in [3.63, 3.8) is 0 Å². The van der Waals surface area contributed by atoms with Gasteiger partial charge >= 0.3 is 6.09 Å². The predicted molar refractivity (Wildman–Crippen MR) is 79.3 cm³/mol. The molecule has 0 spiro atoms. The minimum absolute atomic E-state index is 0.582. The molecule has 6 heteroatoms. The third-order valence-electron chi connectivity index (χ3n) is 2.70. The molecule has 0 aliphatic rings. The number of hydrogen-bond acceptors (Lipinski definition) is 4. The van der Waals surface area contributed by atoms with Gasteiger partial charge in [-0.05, 0) is 43.0 Å². The van der Waals surface area contributed by atoms with Crippen LogP contribution in [-0.4, -0.2) is 18.9 Å². The van der Waals surface area contributed by atoms with Crippen molar-refractivity contribution in [3.05, 3.63) is 33.7 Å². The van der Waals surface area contributed by atoms with E-state index >= 15 is 0 Å². The molecule has 1 amide bonds. The fraction of sp³-hybridized carbons (Fsp3) is 0.231. The standard InChI is InChI=1S/C13H13ClN2O2S/c1-7-10-6-9(14)4-5-11(10)19-12(7)8(2)16-18-13(17)15-3/h4-6H,1-3H3,(H,15,17)/b16-8-. The molecule has 0 radical (unpaired) electrons. The van der Waals surface area contributed by atoms with E-state index in [1.807, 2.05) is 32.0 Å². The predicted octanol–water partition coefficient (Wildman–Crippen LogP) is 3.94. The third-order valence-corrected chi connectivity index (χ3v) is 4.31. The smallest absolute Gasteiger partial charge is 0.323 e. The molecular weight excluding hydrogens is 284 g/mol. The highest BCUT2D eigenvalue weighted by atomic mass is 35.5. The topological polar surface area (TPSA) is 50.7 Å². The van der Waals surface area contributed by atoms with Gasteiger partial charge < -0.3 is 5.32 Å². The van der Waals surface area contributed by atoms with Gasteiger partial charge in [0, 0.05) is 16.8 Å². The summed E-state index contributed by atoms with van der Waals surface area (Å²) in [5, 5.41) is 7.97. The number of thiophene rings is 1. The number of carbonyl (C=O) groups excluding carboxylic acids is 1. The van der Waals surface area contributed by atoms with Crippen LogP contribution in [0.4, 0.5) is 4.79 Å². The number of nitrogens with zero attached hydrogens (tertiary/aromatic N) is 1. The van der Waals surface area contributed by atoms with Gasteiger partial charge in [-0.3, -0.25) is 4.84 Å². The number of fused-ring (bicyclic) bond motifs is 1. The Bertz CT molecular complexity index is 664. The zero-order valence-electron chi connectivity index (χ0n) is 10.8. The summed E-state index contributed by atoms with van der Waals surface area (Å²) in [5.74, 6) is 0. The average molecular weight is 297 g/mol. The third kappa shape index (κ3) is 2.88. The zero-order chi connectivity index (χ0) is 14.0. The van der Waals surface area contributed by atoms with E-state index in [0.717, 1.165) is 20.5 Å². The SMILES string of the molecule is CNC(=O)O/N=C(/C)c1sc2ccc(Cl)cc2c1C. The maximum absolute atomic E-state index is 11.0. The van der Waals surface area contributed by atoms with Crippen molar-refractivity contribution in [2.45, 2.75) is 13.8 Å². The molecule has 0 aliphatic heterocycles. The molecular formula is C13H13ClN2O2S. The number of carbonyl (C=O) groups is 1. The number of amides is 1. The van der Waals surface area contributed by atoms with Gasteiger partial charge in [0.2, 0.25) is 0 Å². The lowest BCUT2D eigenvalue weighted by Gasteiger charge is -1.99. The summed E-state index contributed by atoms with van der Waals surface area (Å²) in [6, 6.07) is 5.77. The molecule has 2 aromatic rings. The second-order valence-electron chi connectivity index (χ2n) is 4.00. The molecule has 1 aromatic heterocycles. The average Bonchev–Trinajstić information content (AvgIpc) is 2.73. The van der Waals surface area contributed by atoms with Gasteiger partial charge in [-0.2, -0.15) is 0 Å². The number of oxime groups is 1. The first-order valence-electron chi connectivity index (χ1n) is 5.65. The maximum Gasteiger partial charge on any atom is 0.433 e. The number of benzene rings is 1. The monoisotopic (exact) mass is 296 g/mol. The molecule has 19 heavy (non-hydrogen) atoms.